The molecule has 1 rings (SSSR count). The van der Waals surface area contributed by atoms with Crippen LogP contribution in [0.25, 0.3) is 0 Å². The predicted octanol–water partition coefficient (Wildman–Crippen LogP) is 5.57. The van der Waals surface area contributed by atoms with Gasteiger partial charge in [-0.05, 0) is 25.7 Å². The van der Waals surface area contributed by atoms with Gasteiger partial charge in [0.1, 0.15) is 10.6 Å². The van der Waals surface area contributed by atoms with Crippen molar-refractivity contribution in [2.45, 2.75) is 76.7 Å². The van der Waals surface area contributed by atoms with Gasteiger partial charge in [0.2, 0.25) is 5.78 Å². The van der Waals surface area contributed by atoms with Crippen LogP contribution in [-0.2, 0) is 14.3 Å². The molecule has 0 aromatic heterocycles. The van der Waals surface area contributed by atoms with Gasteiger partial charge in [-0.1, -0.05) is 80.5 Å². The highest BCUT2D eigenvalue weighted by Crippen LogP contribution is 2.44. The van der Waals surface area contributed by atoms with Gasteiger partial charge in [0.05, 0.1) is 12.1 Å². The summed E-state index contributed by atoms with van der Waals surface area (Å²) in [4.78, 5) is 23.4. The molecule has 0 aliphatic heterocycles. The quantitative estimate of drug-likeness (QED) is 0.256. The Morgan fingerprint density at radius 1 is 1.15 bits per heavy atom. The second kappa shape index (κ2) is 12.4. The molecule has 1 unspecified atom stereocenters. The Balaban J connectivity index is 2.66. The highest BCUT2D eigenvalue weighted by molar-refractivity contribution is 6.53. The van der Waals surface area contributed by atoms with E-state index in [1.165, 1.54) is 26.4 Å². The number of Topliss-reactive ketones (excluding diaryl/α,β-unsaturated/α-hetero) is 1. The van der Waals surface area contributed by atoms with Crippen LogP contribution in [-0.4, -0.2) is 29.6 Å². The Bertz CT molecular complexity index is 607. The summed E-state index contributed by atoms with van der Waals surface area (Å²) in [5.74, 6) is -0.668. The highest BCUT2D eigenvalue weighted by Gasteiger charge is 2.47. The van der Waals surface area contributed by atoms with Gasteiger partial charge >= 0.3 is 5.97 Å². The SMILES string of the molecule is CCCCCCCCC1(O)C(Cl)=C(Cl)C(=O)/C1=C/C=C/CCCC(=O)OC. The molecule has 27 heavy (non-hydrogen) atoms. The summed E-state index contributed by atoms with van der Waals surface area (Å²) in [6.45, 7) is 2.17. The predicted molar refractivity (Wildman–Crippen MR) is 110 cm³/mol. The first-order valence-electron chi connectivity index (χ1n) is 9.65. The molecule has 0 aromatic carbocycles. The number of methoxy groups -OCH3 is 1. The molecule has 4 nitrogen and oxygen atoms in total. The van der Waals surface area contributed by atoms with Gasteiger partial charge in [-0.25, -0.2) is 0 Å². The maximum absolute atomic E-state index is 12.4. The molecule has 1 N–H and O–H groups in total. The van der Waals surface area contributed by atoms with Crippen LogP contribution < -0.4 is 0 Å². The molecular weight excluding hydrogens is 387 g/mol. The van der Waals surface area contributed by atoms with Crippen LogP contribution in [0, 0.1) is 0 Å². The Labute approximate surface area is 172 Å². The first-order chi connectivity index (χ1) is 12.9. The third-order valence-corrected chi connectivity index (χ3v) is 5.67. The number of carbonyl (C=O) groups excluding carboxylic acids is 2. The molecule has 0 aromatic rings. The summed E-state index contributed by atoms with van der Waals surface area (Å²) in [5, 5.41) is 10.9. The fourth-order valence-corrected chi connectivity index (χ4v) is 3.59. The largest absolute Gasteiger partial charge is 0.469 e. The van der Waals surface area contributed by atoms with Crippen LogP contribution in [0.1, 0.15) is 71.1 Å². The first kappa shape index (κ1) is 23.9. The van der Waals surface area contributed by atoms with Crippen LogP contribution in [0.15, 0.2) is 33.9 Å². The standard InChI is InChI=1S/C21H30Cl2O4/c1-3-4-5-6-9-12-15-21(26)16(19(25)18(22)20(21)23)13-10-7-8-11-14-17(24)27-2/h7,10,13,26H,3-6,8-9,11-12,14-15H2,1-2H3/b10-7+,16-13-. The minimum atomic E-state index is -1.50. The number of esters is 1. The van der Waals surface area contributed by atoms with Gasteiger partial charge in [0.25, 0.3) is 0 Å². The third-order valence-electron chi connectivity index (χ3n) is 4.72. The number of hydrogen-bond acceptors (Lipinski definition) is 4. The highest BCUT2D eigenvalue weighted by atomic mass is 35.5. The topological polar surface area (TPSA) is 63.6 Å². The lowest BCUT2D eigenvalue weighted by atomic mass is 9.89. The van der Waals surface area contributed by atoms with Crippen molar-refractivity contribution in [3.63, 3.8) is 0 Å². The van der Waals surface area contributed by atoms with Gasteiger partial charge in [-0.3, -0.25) is 9.59 Å². The number of carbonyl (C=O) groups is 2. The number of ketones is 1. The Hall–Kier alpha value is -1.10. The van der Waals surface area contributed by atoms with Gasteiger partial charge in [-0.15, -0.1) is 0 Å². The summed E-state index contributed by atoms with van der Waals surface area (Å²) in [6, 6.07) is 0. The summed E-state index contributed by atoms with van der Waals surface area (Å²) < 4.78 is 4.58. The summed E-state index contributed by atoms with van der Waals surface area (Å²) in [5.41, 5.74) is -1.29. The maximum Gasteiger partial charge on any atom is 0.305 e. The smallest absolute Gasteiger partial charge is 0.305 e. The molecule has 0 saturated carbocycles. The molecule has 152 valence electrons. The van der Waals surface area contributed by atoms with E-state index in [1.54, 1.807) is 12.2 Å². The van der Waals surface area contributed by atoms with E-state index in [4.69, 9.17) is 23.2 Å². The third kappa shape index (κ3) is 7.10. The lowest BCUT2D eigenvalue weighted by molar-refractivity contribution is -0.140. The summed E-state index contributed by atoms with van der Waals surface area (Å²) >= 11 is 12.2. The Kier molecular flexibility index (Phi) is 11.0. The van der Waals surface area contributed by atoms with Crippen molar-refractivity contribution in [2.75, 3.05) is 7.11 Å². The Morgan fingerprint density at radius 2 is 1.81 bits per heavy atom. The average Bonchev–Trinajstić information content (AvgIpc) is 2.82. The average molecular weight is 417 g/mol. The first-order valence-corrected chi connectivity index (χ1v) is 10.4. The van der Waals surface area contributed by atoms with Crippen molar-refractivity contribution in [2.24, 2.45) is 0 Å². The molecule has 0 spiro atoms. The van der Waals surface area contributed by atoms with Crippen molar-refractivity contribution in [3.05, 3.63) is 33.9 Å². The number of aliphatic hydroxyl groups is 1. The number of ether oxygens (including phenoxy) is 1. The summed E-state index contributed by atoms with van der Waals surface area (Å²) in [7, 11) is 1.36. The van der Waals surface area contributed by atoms with E-state index >= 15 is 0 Å². The van der Waals surface area contributed by atoms with Gasteiger partial charge in [-0.2, -0.15) is 0 Å². The lowest BCUT2D eigenvalue weighted by Gasteiger charge is -2.24. The van der Waals surface area contributed by atoms with Crippen molar-refractivity contribution >= 4 is 35.0 Å². The summed E-state index contributed by atoms with van der Waals surface area (Å²) in [6.07, 6.45) is 13.6. The van der Waals surface area contributed by atoms with E-state index < -0.39 is 11.4 Å². The molecule has 0 saturated heterocycles. The van der Waals surface area contributed by atoms with Gasteiger partial charge in [0, 0.05) is 12.0 Å². The zero-order chi connectivity index (χ0) is 20.3. The molecule has 0 bridgehead atoms. The second-order valence-electron chi connectivity index (χ2n) is 6.81. The second-order valence-corrected chi connectivity index (χ2v) is 7.57. The van der Waals surface area contributed by atoms with E-state index in [1.807, 2.05) is 6.08 Å². The number of unbranched alkanes of at least 4 members (excludes halogenated alkanes) is 6. The monoisotopic (exact) mass is 416 g/mol. The van der Waals surface area contributed by atoms with Crippen molar-refractivity contribution < 1.29 is 19.4 Å². The minimum Gasteiger partial charge on any atom is -0.469 e. The van der Waals surface area contributed by atoms with Crippen molar-refractivity contribution in [1.29, 1.82) is 0 Å². The molecule has 0 radical (unpaired) electrons. The fourth-order valence-electron chi connectivity index (χ4n) is 3.05. The van der Waals surface area contributed by atoms with E-state index in [2.05, 4.69) is 11.7 Å². The zero-order valence-corrected chi connectivity index (χ0v) is 17.7. The van der Waals surface area contributed by atoms with Crippen molar-refractivity contribution in [3.8, 4) is 0 Å². The Morgan fingerprint density at radius 3 is 2.48 bits per heavy atom. The molecule has 0 heterocycles. The molecule has 1 aliphatic carbocycles. The van der Waals surface area contributed by atoms with Crippen molar-refractivity contribution in [1.82, 2.24) is 0 Å². The van der Waals surface area contributed by atoms with E-state index in [0.717, 1.165) is 19.3 Å². The van der Waals surface area contributed by atoms with Gasteiger partial charge in [0.15, 0.2) is 0 Å². The van der Waals surface area contributed by atoms with Crippen LogP contribution in [0.5, 0.6) is 0 Å². The fraction of sp³-hybridized carbons (Fsp3) is 0.619. The number of allylic oxidation sites excluding steroid dienone is 4. The number of hydrogen-bond donors (Lipinski definition) is 1. The molecule has 0 fully saturated rings. The minimum absolute atomic E-state index is 0.0214. The van der Waals surface area contributed by atoms with Gasteiger partial charge < -0.3 is 9.84 Å². The molecule has 1 aliphatic rings. The lowest BCUT2D eigenvalue weighted by Crippen LogP contribution is -2.30. The van der Waals surface area contributed by atoms with Crippen LogP contribution >= 0.6 is 23.2 Å². The molecular formula is C21H30Cl2O4. The normalized spacial score (nSPS) is 21.7. The molecule has 1 atom stereocenters. The maximum atomic E-state index is 12.4. The number of halogens is 2. The van der Waals surface area contributed by atoms with E-state index in [-0.39, 0.29) is 21.6 Å². The van der Waals surface area contributed by atoms with Crippen LogP contribution in [0.2, 0.25) is 0 Å². The van der Waals surface area contributed by atoms with Crippen LogP contribution in [0.3, 0.4) is 0 Å². The zero-order valence-electron chi connectivity index (χ0n) is 16.2. The van der Waals surface area contributed by atoms with Crippen LogP contribution in [0.4, 0.5) is 0 Å². The molecule has 6 heteroatoms. The molecule has 0 amide bonds. The van der Waals surface area contributed by atoms with E-state index in [9.17, 15) is 14.7 Å². The number of rotatable bonds is 12. The van der Waals surface area contributed by atoms with E-state index in [0.29, 0.717) is 25.7 Å².